The van der Waals surface area contributed by atoms with Crippen LogP contribution in [0.25, 0.3) is 6.08 Å². The van der Waals surface area contributed by atoms with Gasteiger partial charge in [0.05, 0.1) is 12.1 Å². The highest BCUT2D eigenvalue weighted by atomic mass is 35.5. The van der Waals surface area contributed by atoms with Crippen LogP contribution in [0.3, 0.4) is 0 Å². The maximum Gasteiger partial charge on any atom is 0.248 e. The first-order valence-electron chi connectivity index (χ1n) is 6.27. The van der Waals surface area contributed by atoms with Gasteiger partial charge in [-0.15, -0.1) is 0 Å². The summed E-state index contributed by atoms with van der Waals surface area (Å²) in [6.45, 7) is 0. The summed E-state index contributed by atoms with van der Waals surface area (Å²) >= 11 is 5.62. The molecule has 0 spiro atoms. The SMILES string of the molecule is COc1ccc(/C=C/C(=O)Nc2ccc(F)c(Cl)c2)cc1F. The summed E-state index contributed by atoms with van der Waals surface area (Å²) in [4.78, 5) is 11.7. The van der Waals surface area contributed by atoms with Gasteiger partial charge in [0.25, 0.3) is 0 Å². The molecule has 0 radical (unpaired) electrons. The number of ether oxygens (including phenoxy) is 1. The van der Waals surface area contributed by atoms with Gasteiger partial charge in [-0.1, -0.05) is 17.7 Å². The zero-order valence-electron chi connectivity index (χ0n) is 11.6. The molecule has 0 aliphatic rings. The van der Waals surface area contributed by atoms with Gasteiger partial charge in [0.1, 0.15) is 5.82 Å². The van der Waals surface area contributed by atoms with E-state index in [0.29, 0.717) is 11.3 Å². The number of methoxy groups -OCH3 is 1. The molecule has 0 heterocycles. The fourth-order valence-electron chi connectivity index (χ4n) is 1.72. The number of hydrogen-bond acceptors (Lipinski definition) is 2. The van der Waals surface area contributed by atoms with Crippen molar-refractivity contribution >= 4 is 29.3 Å². The van der Waals surface area contributed by atoms with Crippen LogP contribution in [0.15, 0.2) is 42.5 Å². The van der Waals surface area contributed by atoms with Crippen molar-refractivity contribution in [3.63, 3.8) is 0 Å². The van der Waals surface area contributed by atoms with Crippen molar-refractivity contribution < 1.29 is 18.3 Å². The number of halogens is 3. The van der Waals surface area contributed by atoms with Crippen LogP contribution < -0.4 is 10.1 Å². The van der Waals surface area contributed by atoms with Gasteiger partial charge in [-0.05, 0) is 42.0 Å². The van der Waals surface area contributed by atoms with Gasteiger partial charge in [0.2, 0.25) is 5.91 Å². The minimum absolute atomic E-state index is 0.0843. The van der Waals surface area contributed by atoms with Crippen molar-refractivity contribution in [2.24, 2.45) is 0 Å². The number of rotatable bonds is 4. The number of amides is 1. The lowest BCUT2D eigenvalue weighted by atomic mass is 10.2. The molecule has 114 valence electrons. The Morgan fingerprint density at radius 3 is 2.59 bits per heavy atom. The second kappa shape index (κ2) is 7.04. The molecule has 0 aromatic heterocycles. The highest BCUT2D eigenvalue weighted by Crippen LogP contribution is 2.20. The van der Waals surface area contributed by atoms with Gasteiger partial charge < -0.3 is 10.1 Å². The predicted octanol–water partition coefficient (Wildman–Crippen LogP) is 4.28. The van der Waals surface area contributed by atoms with E-state index in [0.717, 1.165) is 6.07 Å². The average molecular weight is 324 g/mol. The molecule has 0 fully saturated rings. The number of nitrogens with one attached hydrogen (secondary N) is 1. The molecule has 1 N–H and O–H groups in total. The summed E-state index contributed by atoms with van der Waals surface area (Å²) in [5.41, 5.74) is 0.868. The van der Waals surface area contributed by atoms with Crippen molar-refractivity contribution in [2.45, 2.75) is 0 Å². The number of anilines is 1. The highest BCUT2D eigenvalue weighted by molar-refractivity contribution is 6.31. The van der Waals surface area contributed by atoms with Gasteiger partial charge in [0, 0.05) is 11.8 Å². The van der Waals surface area contributed by atoms with Crippen molar-refractivity contribution in [2.75, 3.05) is 12.4 Å². The normalized spacial score (nSPS) is 10.7. The van der Waals surface area contributed by atoms with E-state index in [9.17, 15) is 13.6 Å². The molecule has 22 heavy (non-hydrogen) atoms. The van der Waals surface area contributed by atoms with Gasteiger partial charge in [-0.2, -0.15) is 0 Å². The molecule has 0 bridgehead atoms. The smallest absolute Gasteiger partial charge is 0.248 e. The lowest BCUT2D eigenvalue weighted by Crippen LogP contribution is -2.07. The van der Waals surface area contributed by atoms with Gasteiger partial charge in [0.15, 0.2) is 11.6 Å². The average Bonchev–Trinajstić information content (AvgIpc) is 2.49. The first kappa shape index (κ1) is 16.0. The van der Waals surface area contributed by atoms with Crippen molar-refractivity contribution in [3.05, 3.63) is 64.7 Å². The molecular formula is C16H12ClF2NO2. The maximum absolute atomic E-state index is 13.5. The van der Waals surface area contributed by atoms with Crippen LogP contribution in [0, 0.1) is 11.6 Å². The Hall–Kier alpha value is -2.40. The van der Waals surface area contributed by atoms with E-state index in [-0.39, 0.29) is 10.8 Å². The van der Waals surface area contributed by atoms with E-state index in [2.05, 4.69) is 5.32 Å². The summed E-state index contributed by atoms with van der Waals surface area (Å²) in [5.74, 6) is -1.40. The van der Waals surface area contributed by atoms with E-state index in [4.69, 9.17) is 16.3 Å². The number of benzene rings is 2. The zero-order chi connectivity index (χ0) is 16.1. The van der Waals surface area contributed by atoms with Crippen LogP contribution in [0.5, 0.6) is 5.75 Å². The first-order chi connectivity index (χ1) is 10.5. The summed E-state index contributed by atoms with van der Waals surface area (Å²) in [7, 11) is 1.37. The molecule has 1 amide bonds. The molecule has 0 saturated heterocycles. The van der Waals surface area contributed by atoms with Crippen molar-refractivity contribution in [1.29, 1.82) is 0 Å². The Morgan fingerprint density at radius 1 is 1.18 bits per heavy atom. The van der Waals surface area contributed by atoms with E-state index < -0.39 is 17.5 Å². The van der Waals surface area contributed by atoms with Crippen LogP contribution >= 0.6 is 11.6 Å². The van der Waals surface area contributed by atoms with Crippen LogP contribution in [-0.4, -0.2) is 13.0 Å². The molecule has 0 atom stereocenters. The Bertz CT molecular complexity index is 732. The largest absolute Gasteiger partial charge is 0.494 e. The number of carbonyl (C=O) groups excluding carboxylic acids is 1. The molecule has 2 rings (SSSR count). The third-order valence-corrected chi connectivity index (χ3v) is 3.08. The second-order valence-electron chi connectivity index (χ2n) is 4.35. The fraction of sp³-hybridized carbons (Fsp3) is 0.0625. The van der Waals surface area contributed by atoms with E-state index in [1.807, 2.05) is 0 Å². The molecular weight excluding hydrogens is 312 g/mol. The molecule has 2 aromatic carbocycles. The van der Waals surface area contributed by atoms with E-state index >= 15 is 0 Å². The Morgan fingerprint density at radius 2 is 1.95 bits per heavy atom. The van der Waals surface area contributed by atoms with Gasteiger partial charge >= 0.3 is 0 Å². The standard InChI is InChI=1S/C16H12ClF2NO2/c1-22-15-6-2-10(8-14(15)19)3-7-16(21)20-11-4-5-13(18)12(17)9-11/h2-9H,1H3,(H,20,21)/b7-3+. The lowest BCUT2D eigenvalue weighted by Gasteiger charge is -2.04. The second-order valence-corrected chi connectivity index (χ2v) is 4.75. The third-order valence-electron chi connectivity index (χ3n) is 2.79. The minimum Gasteiger partial charge on any atom is -0.494 e. The molecule has 0 aliphatic heterocycles. The molecule has 0 aliphatic carbocycles. The minimum atomic E-state index is -0.566. The molecule has 2 aromatic rings. The monoisotopic (exact) mass is 323 g/mol. The quantitative estimate of drug-likeness (QED) is 0.853. The van der Waals surface area contributed by atoms with Gasteiger partial charge in [-0.25, -0.2) is 8.78 Å². The van der Waals surface area contributed by atoms with E-state index in [1.54, 1.807) is 6.07 Å². The fourth-order valence-corrected chi connectivity index (χ4v) is 1.90. The number of hydrogen-bond donors (Lipinski definition) is 1. The Balaban J connectivity index is 2.04. The molecule has 0 unspecified atom stereocenters. The van der Waals surface area contributed by atoms with Crippen LogP contribution in [-0.2, 0) is 4.79 Å². The summed E-state index contributed by atoms with van der Waals surface area (Å²) in [6, 6.07) is 8.17. The summed E-state index contributed by atoms with van der Waals surface area (Å²) < 4.78 is 31.3. The first-order valence-corrected chi connectivity index (χ1v) is 6.65. The molecule has 3 nitrogen and oxygen atoms in total. The van der Waals surface area contributed by atoms with Crippen LogP contribution in [0.2, 0.25) is 5.02 Å². The lowest BCUT2D eigenvalue weighted by molar-refractivity contribution is -0.111. The number of carbonyl (C=O) groups is 1. The van der Waals surface area contributed by atoms with Crippen LogP contribution in [0.1, 0.15) is 5.56 Å². The molecule has 6 heteroatoms. The van der Waals surface area contributed by atoms with Gasteiger partial charge in [-0.3, -0.25) is 4.79 Å². The Kier molecular flexibility index (Phi) is 5.12. The zero-order valence-corrected chi connectivity index (χ0v) is 12.3. The topological polar surface area (TPSA) is 38.3 Å². The Labute approximate surface area is 131 Å². The third kappa shape index (κ3) is 4.05. The highest BCUT2D eigenvalue weighted by Gasteiger charge is 2.04. The molecule has 0 saturated carbocycles. The summed E-state index contributed by atoms with van der Waals surface area (Å²) in [6.07, 6.45) is 2.68. The maximum atomic E-state index is 13.5. The van der Waals surface area contributed by atoms with Crippen molar-refractivity contribution in [3.8, 4) is 5.75 Å². The van der Waals surface area contributed by atoms with Crippen molar-refractivity contribution in [1.82, 2.24) is 0 Å². The summed E-state index contributed by atoms with van der Waals surface area (Å²) in [5, 5.41) is 2.44. The predicted molar refractivity (Wildman–Crippen MR) is 82.0 cm³/mol. The van der Waals surface area contributed by atoms with Crippen LogP contribution in [0.4, 0.5) is 14.5 Å². The van der Waals surface area contributed by atoms with E-state index in [1.165, 1.54) is 43.5 Å².